The minimum Gasteiger partial charge on any atom is -0.479 e. The molecule has 2 heterocycles. The second-order valence-electron chi connectivity index (χ2n) is 6.46. The standard InChI is InChI=1S/C19H22N4O5/c1-2-17(19(24)25)28-16-5-3-15(4-6-16)22-12-11-21(13-18(22)23(26)27)14-7-9-20-10-8-14/h3-10,17-18H,2,11-13H2,1H3,(H,24,25). The van der Waals surface area contributed by atoms with E-state index in [1.165, 1.54) is 0 Å². The fraction of sp³-hybridized carbons (Fsp3) is 0.368. The molecule has 1 saturated heterocycles. The number of anilines is 2. The molecule has 148 valence electrons. The van der Waals surface area contributed by atoms with Crippen LogP contribution in [0.5, 0.6) is 5.75 Å². The number of ether oxygens (including phenoxy) is 1. The SMILES string of the molecule is CCC(Oc1ccc(N2CCN(c3ccncc3)CC2[N+](=O)[O-])cc1)C(=O)O. The van der Waals surface area contributed by atoms with Gasteiger partial charge in [0, 0.05) is 41.8 Å². The maximum atomic E-state index is 11.7. The lowest BCUT2D eigenvalue weighted by Gasteiger charge is -2.38. The van der Waals surface area contributed by atoms with Gasteiger partial charge in [0.1, 0.15) is 12.3 Å². The summed E-state index contributed by atoms with van der Waals surface area (Å²) in [5.74, 6) is -0.599. The Balaban J connectivity index is 1.73. The van der Waals surface area contributed by atoms with Crippen LogP contribution in [0.15, 0.2) is 48.8 Å². The van der Waals surface area contributed by atoms with Gasteiger partial charge in [-0.3, -0.25) is 15.1 Å². The molecule has 1 aliphatic rings. The van der Waals surface area contributed by atoms with Crippen molar-refractivity contribution < 1.29 is 19.6 Å². The van der Waals surface area contributed by atoms with E-state index in [1.807, 2.05) is 17.0 Å². The highest BCUT2D eigenvalue weighted by Gasteiger charge is 2.35. The van der Waals surface area contributed by atoms with Crippen molar-refractivity contribution in [1.29, 1.82) is 0 Å². The number of carboxylic acids is 1. The van der Waals surface area contributed by atoms with Crippen LogP contribution in [0.2, 0.25) is 0 Å². The van der Waals surface area contributed by atoms with Crippen molar-refractivity contribution in [2.45, 2.75) is 25.6 Å². The molecule has 2 aromatic rings. The number of aromatic nitrogens is 1. The van der Waals surface area contributed by atoms with Crippen LogP contribution in [0, 0.1) is 10.1 Å². The van der Waals surface area contributed by atoms with Gasteiger partial charge < -0.3 is 19.6 Å². The molecule has 1 fully saturated rings. The van der Waals surface area contributed by atoms with Crippen molar-refractivity contribution in [3.05, 3.63) is 58.9 Å². The molecule has 1 N–H and O–H groups in total. The Morgan fingerprint density at radius 1 is 1.25 bits per heavy atom. The van der Waals surface area contributed by atoms with Crippen molar-refractivity contribution in [1.82, 2.24) is 4.98 Å². The fourth-order valence-corrected chi connectivity index (χ4v) is 3.22. The van der Waals surface area contributed by atoms with Crippen LogP contribution in [0.25, 0.3) is 0 Å². The molecule has 0 bridgehead atoms. The van der Waals surface area contributed by atoms with Gasteiger partial charge in [-0.1, -0.05) is 6.92 Å². The molecule has 0 spiro atoms. The molecular weight excluding hydrogens is 364 g/mol. The van der Waals surface area contributed by atoms with Gasteiger partial charge in [0.2, 0.25) is 0 Å². The first-order chi connectivity index (χ1) is 13.5. The van der Waals surface area contributed by atoms with Crippen LogP contribution in [0.3, 0.4) is 0 Å². The third kappa shape index (κ3) is 4.30. The lowest BCUT2D eigenvalue weighted by Crippen LogP contribution is -2.56. The van der Waals surface area contributed by atoms with Gasteiger partial charge in [0.05, 0.1) is 0 Å². The Hall–Kier alpha value is -3.36. The molecule has 2 atom stereocenters. The molecule has 2 unspecified atom stereocenters. The van der Waals surface area contributed by atoms with Gasteiger partial charge in [-0.2, -0.15) is 0 Å². The minimum absolute atomic E-state index is 0.256. The number of aliphatic carboxylic acids is 1. The molecule has 0 radical (unpaired) electrons. The number of pyridine rings is 1. The predicted molar refractivity (Wildman–Crippen MR) is 103 cm³/mol. The summed E-state index contributed by atoms with van der Waals surface area (Å²) in [5.41, 5.74) is 1.61. The van der Waals surface area contributed by atoms with E-state index in [2.05, 4.69) is 4.98 Å². The van der Waals surface area contributed by atoms with Gasteiger partial charge in [-0.05, 0) is 42.8 Å². The molecule has 0 saturated carbocycles. The summed E-state index contributed by atoms with van der Waals surface area (Å²) in [5, 5.41) is 20.8. The van der Waals surface area contributed by atoms with E-state index >= 15 is 0 Å². The van der Waals surface area contributed by atoms with Crippen LogP contribution in [0.4, 0.5) is 11.4 Å². The zero-order valence-corrected chi connectivity index (χ0v) is 15.5. The normalized spacial score (nSPS) is 17.8. The Morgan fingerprint density at radius 2 is 1.93 bits per heavy atom. The van der Waals surface area contributed by atoms with E-state index in [-0.39, 0.29) is 11.5 Å². The summed E-state index contributed by atoms with van der Waals surface area (Å²) in [7, 11) is 0. The van der Waals surface area contributed by atoms with Crippen LogP contribution in [0.1, 0.15) is 13.3 Å². The van der Waals surface area contributed by atoms with Crippen LogP contribution < -0.4 is 14.5 Å². The Labute approximate surface area is 162 Å². The van der Waals surface area contributed by atoms with Crippen molar-refractivity contribution in [2.24, 2.45) is 0 Å². The maximum absolute atomic E-state index is 11.7. The van der Waals surface area contributed by atoms with E-state index < -0.39 is 18.2 Å². The number of carbonyl (C=O) groups is 1. The Kier molecular flexibility index (Phi) is 5.93. The van der Waals surface area contributed by atoms with Crippen LogP contribution >= 0.6 is 0 Å². The topological polar surface area (TPSA) is 109 Å². The fourth-order valence-electron chi connectivity index (χ4n) is 3.22. The third-order valence-corrected chi connectivity index (χ3v) is 4.72. The summed E-state index contributed by atoms with van der Waals surface area (Å²) >= 11 is 0. The first-order valence-corrected chi connectivity index (χ1v) is 9.04. The number of hydrogen-bond acceptors (Lipinski definition) is 7. The summed E-state index contributed by atoms with van der Waals surface area (Å²) < 4.78 is 5.45. The molecule has 1 aromatic carbocycles. The Bertz CT molecular complexity index is 815. The molecule has 1 aliphatic heterocycles. The molecule has 3 rings (SSSR count). The monoisotopic (exact) mass is 386 g/mol. The average Bonchev–Trinajstić information content (AvgIpc) is 2.72. The number of carboxylic acid groups (broad SMARTS) is 1. The third-order valence-electron chi connectivity index (χ3n) is 4.72. The zero-order valence-electron chi connectivity index (χ0n) is 15.5. The van der Waals surface area contributed by atoms with E-state index in [0.717, 1.165) is 5.69 Å². The highest BCUT2D eigenvalue weighted by Crippen LogP contribution is 2.26. The van der Waals surface area contributed by atoms with Gasteiger partial charge in [0.25, 0.3) is 0 Å². The molecule has 9 nitrogen and oxygen atoms in total. The van der Waals surface area contributed by atoms with Gasteiger partial charge >= 0.3 is 12.1 Å². The first kappa shape index (κ1) is 19.4. The van der Waals surface area contributed by atoms with Crippen LogP contribution in [-0.2, 0) is 4.79 Å². The van der Waals surface area contributed by atoms with E-state index in [9.17, 15) is 14.9 Å². The highest BCUT2D eigenvalue weighted by atomic mass is 16.6. The second-order valence-corrected chi connectivity index (χ2v) is 6.46. The van der Waals surface area contributed by atoms with E-state index in [1.54, 1.807) is 48.5 Å². The first-order valence-electron chi connectivity index (χ1n) is 9.04. The quantitative estimate of drug-likeness (QED) is 0.570. The lowest BCUT2D eigenvalue weighted by molar-refractivity contribution is -0.519. The number of nitrogens with zero attached hydrogens (tertiary/aromatic N) is 4. The second kappa shape index (κ2) is 8.55. The van der Waals surface area contributed by atoms with E-state index in [0.29, 0.717) is 30.9 Å². The molecule has 0 aliphatic carbocycles. The summed E-state index contributed by atoms with van der Waals surface area (Å²) in [6.07, 6.45) is 1.87. The Morgan fingerprint density at radius 3 is 2.50 bits per heavy atom. The molecular formula is C19H22N4O5. The maximum Gasteiger partial charge on any atom is 0.344 e. The summed E-state index contributed by atoms with van der Waals surface area (Å²) in [6.45, 7) is 3.12. The van der Waals surface area contributed by atoms with E-state index in [4.69, 9.17) is 9.84 Å². The number of benzene rings is 1. The molecule has 9 heteroatoms. The number of piperazine rings is 1. The smallest absolute Gasteiger partial charge is 0.344 e. The minimum atomic E-state index is -1.02. The van der Waals surface area contributed by atoms with Crippen molar-refractivity contribution in [3.8, 4) is 5.75 Å². The lowest BCUT2D eigenvalue weighted by atomic mass is 10.2. The molecule has 0 amide bonds. The van der Waals surface area contributed by atoms with Crippen LogP contribution in [-0.4, -0.2) is 52.9 Å². The zero-order chi connectivity index (χ0) is 20.1. The van der Waals surface area contributed by atoms with Crippen molar-refractivity contribution >= 4 is 17.3 Å². The van der Waals surface area contributed by atoms with Crippen molar-refractivity contribution in [3.63, 3.8) is 0 Å². The molecule has 1 aromatic heterocycles. The number of hydrogen-bond donors (Lipinski definition) is 1. The van der Waals surface area contributed by atoms with Gasteiger partial charge in [-0.25, -0.2) is 4.79 Å². The number of nitro groups is 1. The molecule has 28 heavy (non-hydrogen) atoms. The van der Waals surface area contributed by atoms with Gasteiger partial charge in [-0.15, -0.1) is 0 Å². The van der Waals surface area contributed by atoms with Crippen molar-refractivity contribution in [2.75, 3.05) is 29.4 Å². The highest BCUT2D eigenvalue weighted by molar-refractivity contribution is 5.72. The average molecular weight is 386 g/mol. The number of rotatable bonds is 7. The summed E-state index contributed by atoms with van der Waals surface area (Å²) in [4.78, 5) is 30.2. The predicted octanol–water partition coefficient (Wildman–Crippen LogP) is 2.25. The van der Waals surface area contributed by atoms with Gasteiger partial charge in [0.15, 0.2) is 6.10 Å². The largest absolute Gasteiger partial charge is 0.479 e. The summed E-state index contributed by atoms with van der Waals surface area (Å²) in [6, 6.07) is 10.4.